The Bertz CT molecular complexity index is 556. The highest BCUT2D eigenvalue weighted by Gasteiger charge is 2.15. The van der Waals surface area contributed by atoms with E-state index in [0.717, 1.165) is 6.07 Å². The highest BCUT2D eigenvalue weighted by Crippen LogP contribution is 2.18. The van der Waals surface area contributed by atoms with Gasteiger partial charge in [0.15, 0.2) is 0 Å². The number of nitrogens with one attached hydrogen (secondary N) is 1. The van der Waals surface area contributed by atoms with Crippen molar-refractivity contribution in [2.75, 3.05) is 10.5 Å². The van der Waals surface area contributed by atoms with E-state index in [4.69, 9.17) is 18.0 Å². The van der Waals surface area contributed by atoms with E-state index in [1.165, 1.54) is 12.1 Å². The molecule has 0 bridgehead atoms. The first kappa shape index (κ1) is 14.8. The summed E-state index contributed by atoms with van der Waals surface area (Å²) >= 11 is 4.70. The van der Waals surface area contributed by atoms with Crippen LogP contribution in [-0.2, 0) is 10.0 Å². The molecule has 7 heteroatoms. The number of halogens is 1. The number of sulfonamides is 1. The minimum Gasteiger partial charge on any atom is -0.389 e. The Morgan fingerprint density at radius 1 is 1.50 bits per heavy atom. The molecule has 0 amide bonds. The Morgan fingerprint density at radius 3 is 2.56 bits per heavy atom. The van der Waals surface area contributed by atoms with Crippen molar-refractivity contribution in [3.63, 3.8) is 0 Å². The van der Waals surface area contributed by atoms with E-state index in [1.54, 1.807) is 13.8 Å². The van der Waals surface area contributed by atoms with Gasteiger partial charge in [0.05, 0.1) is 11.4 Å². The van der Waals surface area contributed by atoms with Crippen LogP contribution in [0.25, 0.3) is 0 Å². The monoisotopic (exact) mass is 290 g/mol. The van der Waals surface area contributed by atoms with Gasteiger partial charge in [-0.25, -0.2) is 12.8 Å². The quantitative estimate of drug-likeness (QED) is 0.812. The Hall–Kier alpha value is -1.21. The van der Waals surface area contributed by atoms with Gasteiger partial charge in [0.2, 0.25) is 10.0 Å². The summed E-state index contributed by atoms with van der Waals surface area (Å²) in [7, 11) is -3.54. The molecule has 0 spiro atoms. The molecule has 0 saturated carbocycles. The topological polar surface area (TPSA) is 72.2 Å². The smallest absolute Gasteiger partial charge is 0.233 e. The first-order valence-electron chi connectivity index (χ1n) is 5.31. The molecule has 0 saturated heterocycles. The lowest BCUT2D eigenvalue weighted by Crippen LogP contribution is -2.21. The van der Waals surface area contributed by atoms with Crippen molar-refractivity contribution in [1.82, 2.24) is 0 Å². The van der Waals surface area contributed by atoms with Crippen LogP contribution in [0.1, 0.15) is 19.4 Å². The minimum atomic E-state index is -3.54. The molecule has 3 N–H and O–H groups in total. The number of rotatable bonds is 5. The molecule has 0 atom stereocenters. The largest absolute Gasteiger partial charge is 0.389 e. The molecule has 1 aromatic rings. The summed E-state index contributed by atoms with van der Waals surface area (Å²) < 4.78 is 39.1. The number of hydrogen-bond donors (Lipinski definition) is 2. The zero-order valence-corrected chi connectivity index (χ0v) is 11.7. The predicted octanol–water partition coefficient (Wildman–Crippen LogP) is 1.86. The molecule has 0 aliphatic rings. The minimum absolute atomic E-state index is 0.0403. The van der Waals surface area contributed by atoms with Crippen molar-refractivity contribution in [2.24, 2.45) is 11.7 Å². The Morgan fingerprint density at radius 2 is 2.11 bits per heavy atom. The highest BCUT2D eigenvalue weighted by molar-refractivity contribution is 7.92. The summed E-state index contributed by atoms with van der Waals surface area (Å²) in [5.74, 6) is -0.808. The van der Waals surface area contributed by atoms with E-state index in [9.17, 15) is 12.8 Å². The van der Waals surface area contributed by atoms with Crippen LogP contribution in [0.4, 0.5) is 10.1 Å². The van der Waals surface area contributed by atoms with E-state index >= 15 is 0 Å². The van der Waals surface area contributed by atoms with Gasteiger partial charge in [0.1, 0.15) is 10.8 Å². The maximum atomic E-state index is 13.6. The van der Waals surface area contributed by atoms with Gasteiger partial charge in [-0.3, -0.25) is 4.72 Å². The van der Waals surface area contributed by atoms with E-state index in [-0.39, 0.29) is 22.3 Å². The highest BCUT2D eigenvalue weighted by atomic mass is 32.2. The van der Waals surface area contributed by atoms with E-state index in [2.05, 4.69) is 4.72 Å². The van der Waals surface area contributed by atoms with Gasteiger partial charge >= 0.3 is 0 Å². The molecule has 1 aromatic carbocycles. The van der Waals surface area contributed by atoms with Crippen molar-refractivity contribution in [2.45, 2.75) is 13.8 Å². The fraction of sp³-hybridized carbons (Fsp3) is 0.364. The SMILES string of the molecule is CC(C)CS(=O)(=O)Nc1ccc(C(N)=S)cc1F. The fourth-order valence-electron chi connectivity index (χ4n) is 1.40. The molecule has 0 fully saturated rings. The zero-order chi connectivity index (χ0) is 13.9. The second-order valence-corrected chi connectivity index (χ2v) is 6.54. The van der Waals surface area contributed by atoms with E-state index in [1.807, 2.05) is 0 Å². The normalized spacial score (nSPS) is 11.6. The number of benzene rings is 1. The summed E-state index contributed by atoms with van der Waals surface area (Å²) in [6.07, 6.45) is 0. The number of thiocarbonyl (C=S) groups is 1. The lowest BCUT2D eigenvalue weighted by molar-refractivity contribution is 0.585. The van der Waals surface area contributed by atoms with Gasteiger partial charge in [-0.15, -0.1) is 0 Å². The third-order valence-electron chi connectivity index (χ3n) is 2.07. The van der Waals surface area contributed by atoms with Gasteiger partial charge in [-0.2, -0.15) is 0 Å². The lowest BCUT2D eigenvalue weighted by Gasteiger charge is -2.11. The van der Waals surface area contributed by atoms with Gasteiger partial charge < -0.3 is 5.73 Å². The predicted molar refractivity (Wildman–Crippen MR) is 74.5 cm³/mol. The van der Waals surface area contributed by atoms with Gasteiger partial charge in [0, 0.05) is 5.56 Å². The first-order valence-corrected chi connectivity index (χ1v) is 7.37. The molecule has 0 aliphatic heterocycles. The Balaban J connectivity index is 2.96. The molecular weight excluding hydrogens is 275 g/mol. The van der Waals surface area contributed by atoms with Crippen LogP contribution in [0.3, 0.4) is 0 Å². The molecule has 1 rings (SSSR count). The Labute approximate surface area is 111 Å². The van der Waals surface area contributed by atoms with Crippen molar-refractivity contribution in [3.05, 3.63) is 29.6 Å². The molecule has 0 aromatic heterocycles. The molecule has 0 radical (unpaired) electrons. The number of anilines is 1. The van der Waals surface area contributed by atoms with Crippen molar-refractivity contribution >= 4 is 32.9 Å². The standard InChI is InChI=1S/C11H15FN2O2S2/c1-7(2)6-18(15,16)14-10-4-3-8(11(13)17)5-9(10)12/h3-5,7,14H,6H2,1-2H3,(H2,13,17). The van der Waals surface area contributed by atoms with Gasteiger partial charge in [0.25, 0.3) is 0 Å². The van der Waals surface area contributed by atoms with Crippen molar-refractivity contribution < 1.29 is 12.8 Å². The number of hydrogen-bond acceptors (Lipinski definition) is 3. The van der Waals surface area contributed by atoms with E-state index in [0.29, 0.717) is 5.56 Å². The van der Waals surface area contributed by atoms with Crippen LogP contribution in [0.2, 0.25) is 0 Å². The first-order chi connectivity index (χ1) is 8.21. The third kappa shape index (κ3) is 4.23. The molecule has 18 heavy (non-hydrogen) atoms. The van der Waals surface area contributed by atoms with Crippen LogP contribution in [0.5, 0.6) is 0 Å². The summed E-state index contributed by atoms with van der Waals surface area (Å²) in [4.78, 5) is 0.0606. The molecule has 100 valence electrons. The van der Waals surface area contributed by atoms with Crippen LogP contribution in [0.15, 0.2) is 18.2 Å². The fourth-order valence-corrected chi connectivity index (χ4v) is 2.99. The molecule has 0 aliphatic carbocycles. The maximum Gasteiger partial charge on any atom is 0.233 e. The third-order valence-corrected chi connectivity index (χ3v) is 3.94. The van der Waals surface area contributed by atoms with E-state index < -0.39 is 15.8 Å². The maximum absolute atomic E-state index is 13.6. The molecule has 4 nitrogen and oxygen atoms in total. The zero-order valence-electron chi connectivity index (χ0n) is 10.1. The summed E-state index contributed by atoms with van der Waals surface area (Å²) in [6, 6.07) is 3.88. The van der Waals surface area contributed by atoms with Crippen LogP contribution in [0, 0.1) is 11.7 Å². The lowest BCUT2D eigenvalue weighted by atomic mass is 10.2. The summed E-state index contributed by atoms with van der Waals surface area (Å²) in [5, 5.41) is 0. The van der Waals surface area contributed by atoms with Crippen LogP contribution in [-0.4, -0.2) is 19.2 Å². The number of nitrogens with two attached hydrogens (primary N) is 1. The second kappa shape index (κ2) is 5.62. The Kier molecular flexibility index (Phi) is 4.64. The molecular formula is C11H15FN2O2S2. The molecule has 0 heterocycles. The van der Waals surface area contributed by atoms with Crippen molar-refractivity contribution in [3.8, 4) is 0 Å². The average Bonchev–Trinajstić information content (AvgIpc) is 2.18. The summed E-state index contributed by atoms with van der Waals surface area (Å²) in [6.45, 7) is 3.54. The van der Waals surface area contributed by atoms with Crippen LogP contribution < -0.4 is 10.5 Å². The van der Waals surface area contributed by atoms with Gasteiger partial charge in [-0.1, -0.05) is 26.1 Å². The summed E-state index contributed by atoms with van der Waals surface area (Å²) in [5.41, 5.74) is 5.61. The van der Waals surface area contributed by atoms with Crippen LogP contribution >= 0.6 is 12.2 Å². The van der Waals surface area contributed by atoms with Crippen molar-refractivity contribution in [1.29, 1.82) is 0 Å². The molecule has 0 unspecified atom stereocenters. The average molecular weight is 290 g/mol. The van der Waals surface area contributed by atoms with Gasteiger partial charge in [-0.05, 0) is 24.1 Å². The second-order valence-electron chi connectivity index (χ2n) is 4.34.